The molecular formula is C15H13N2O+. The summed E-state index contributed by atoms with van der Waals surface area (Å²) in [6.45, 7) is 0. The van der Waals surface area contributed by atoms with Crippen LogP contribution in [0.15, 0.2) is 48.8 Å². The summed E-state index contributed by atoms with van der Waals surface area (Å²) < 4.78 is 1.62. The van der Waals surface area contributed by atoms with Gasteiger partial charge in [-0.2, -0.15) is 5.26 Å². The molecule has 0 atom stereocenters. The molecule has 0 saturated heterocycles. The van der Waals surface area contributed by atoms with Crippen molar-refractivity contribution in [3.05, 3.63) is 65.5 Å². The summed E-state index contributed by atoms with van der Waals surface area (Å²) in [6, 6.07) is 13.5. The second-order valence-electron chi connectivity index (χ2n) is 3.74. The Balaban J connectivity index is 2.11. The minimum atomic E-state index is 0.674. The van der Waals surface area contributed by atoms with Crippen molar-refractivity contribution >= 4 is 12.2 Å². The lowest BCUT2D eigenvalue weighted by atomic mass is 10.1. The van der Waals surface area contributed by atoms with E-state index in [4.69, 9.17) is 10.1 Å². The van der Waals surface area contributed by atoms with Gasteiger partial charge in [-0.15, -0.1) is 0 Å². The van der Waals surface area contributed by atoms with Gasteiger partial charge in [0.15, 0.2) is 0 Å². The number of benzene rings is 1. The molecule has 2 aromatic rings. The average Bonchev–Trinajstić information content (AvgIpc) is 2.46. The van der Waals surface area contributed by atoms with E-state index in [-0.39, 0.29) is 0 Å². The molecule has 0 bridgehead atoms. The van der Waals surface area contributed by atoms with Crippen LogP contribution < -0.4 is 9.57 Å². The predicted molar refractivity (Wildman–Crippen MR) is 69.2 cm³/mol. The lowest BCUT2D eigenvalue weighted by Gasteiger charge is -1.94. The van der Waals surface area contributed by atoms with Crippen LogP contribution in [0.1, 0.15) is 16.7 Å². The molecule has 0 fully saturated rings. The largest absolute Gasteiger partial charge is 0.275 e. The standard InChI is InChI=1S/C15H13N2O/c1-18-17-10-8-14(9-11-17)3-2-13-4-6-15(12-16)7-5-13/h2-11H,1H3/q+1. The van der Waals surface area contributed by atoms with Gasteiger partial charge in [-0.05, 0) is 23.3 Å². The average molecular weight is 237 g/mol. The number of nitriles is 1. The minimum Gasteiger partial charge on any atom is -0.275 e. The zero-order chi connectivity index (χ0) is 12.8. The van der Waals surface area contributed by atoms with Crippen molar-refractivity contribution in [1.29, 1.82) is 5.26 Å². The van der Waals surface area contributed by atoms with Crippen LogP contribution in [0.3, 0.4) is 0 Å². The molecule has 18 heavy (non-hydrogen) atoms. The molecule has 3 heteroatoms. The molecule has 2 rings (SSSR count). The lowest BCUT2D eigenvalue weighted by molar-refractivity contribution is -0.885. The maximum Gasteiger partial charge on any atom is 0.223 e. The Morgan fingerprint density at radius 3 is 2.06 bits per heavy atom. The first-order chi connectivity index (χ1) is 8.81. The van der Waals surface area contributed by atoms with Gasteiger partial charge in [0, 0.05) is 16.9 Å². The smallest absolute Gasteiger partial charge is 0.223 e. The fraction of sp³-hybridized carbons (Fsp3) is 0.0667. The van der Waals surface area contributed by atoms with Crippen molar-refractivity contribution in [2.75, 3.05) is 7.11 Å². The Bertz CT molecular complexity index is 577. The maximum atomic E-state index is 8.70. The van der Waals surface area contributed by atoms with Crippen LogP contribution in [-0.2, 0) is 0 Å². The van der Waals surface area contributed by atoms with E-state index in [1.165, 1.54) is 0 Å². The fourth-order valence-electron chi connectivity index (χ4n) is 1.52. The topological polar surface area (TPSA) is 36.9 Å². The third kappa shape index (κ3) is 2.96. The molecule has 0 aliphatic rings. The minimum absolute atomic E-state index is 0.674. The van der Waals surface area contributed by atoms with Crippen molar-refractivity contribution in [1.82, 2.24) is 0 Å². The number of rotatable bonds is 3. The third-order valence-electron chi connectivity index (χ3n) is 2.55. The summed E-state index contributed by atoms with van der Waals surface area (Å²) in [4.78, 5) is 5.02. The Kier molecular flexibility index (Phi) is 3.72. The van der Waals surface area contributed by atoms with E-state index in [0.717, 1.165) is 11.1 Å². The van der Waals surface area contributed by atoms with Gasteiger partial charge in [0.2, 0.25) is 12.4 Å². The quantitative estimate of drug-likeness (QED) is 0.766. The van der Waals surface area contributed by atoms with Gasteiger partial charge in [-0.3, -0.25) is 4.84 Å². The summed E-state index contributed by atoms with van der Waals surface area (Å²) in [5.74, 6) is 0. The lowest BCUT2D eigenvalue weighted by Crippen LogP contribution is -2.39. The molecule has 0 saturated carbocycles. The molecule has 0 N–H and O–H groups in total. The van der Waals surface area contributed by atoms with Crippen molar-refractivity contribution < 1.29 is 9.57 Å². The molecule has 0 spiro atoms. The van der Waals surface area contributed by atoms with Crippen molar-refractivity contribution in [3.8, 4) is 6.07 Å². The molecule has 0 aliphatic heterocycles. The van der Waals surface area contributed by atoms with E-state index in [1.54, 1.807) is 11.8 Å². The van der Waals surface area contributed by atoms with Crippen LogP contribution in [0.5, 0.6) is 0 Å². The highest BCUT2D eigenvalue weighted by Crippen LogP contribution is 2.08. The molecule has 1 heterocycles. The van der Waals surface area contributed by atoms with Gasteiger partial charge in [-0.25, -0.2) is 0 Å². The zero-order valence-corrected chi connectivity index (χ0v) is 10.1. The first-order valence-corrected chi connectivity index (χ1v) is 5.56. The molecule has 0 unspecified atom stereocenters. The van der Waals surface area contributed by atoms with Crippen LogP contribution in [0.2, 0.25) is 0 Å². The normalized spacial score (nSPS) is 10.2. The monoisotopic (exact) mass is 237 g/mol. The van der Waals surface area contributed by atoms with E-state index in [9.17, 15) is 0 Å². The number of pyridine rings is 1. The van der Waals surface area contributed by atoms with E-state index in [2.05, 4.69) is 6.07 Å². The fourth-order valence-corrected chi connectivity index (χ4v) is 1.52. The molecule has 0 aliphatic carbocycles. The third-order valence-corrected chi connectivity index (χ3v) is 2.55. The first kappa shape index (κ1) is 11.9. The number of aromatic nitrogens is 1. The molecule has 1 aromatic carbocycles. The highest BCUT2D eigenvalue weighted by molar-refractivity contribution is 5.69. The van der Waals surface area contributed by atoms with Gasteiger partial charge in [0.1, 0.15) is 7.11 Å². The van der Waals surface area contributed by atoms with Gasteiger partial charge >= 0.3 is 0 Å². The number of nitrogens with zero attached hydrogens (tertiary/aromatic N) is 2. The Morgan fingerprint density at radius 1 is 1.00 bits per heavy atom. The van der Waals surface area contributed by atoms with Gasteiger partial charge in [0.05, 0.1) is 11.6 Å². The summed E-state index contributed by atoms with van der Waals surface area (Å²) in [6.07, 6.45) is 7.71. The van der Waals surface area contributed by atoms with Crippen LogP contribution >= 0.6 is 0 Å². The van der Waals surface area contributed by atoms with E-state index < -0.39 is 0 Å². The summed E-state index contributed by atoms with van der Waals surface area (Å²) in [7, 11) is 1.62. The second kappa shape index (κ2) is 5.65. The zero-order valence-electron chi connectivity index (χ0n) is 10.1. The van der Waals surface area contributed by atoms with E-state index in [1.807, 2.05) is 60.9 Å². The van der Waals surface area contributed by atoms with Gasteiger partial charge < -0.3 is 0 Å². The first-order valence-electron chi connectivity index (χ1n) is 5.56. The molecule has 0 radical (unpaired) electrons. The van der Waals surface area contributed by atoms with Crippen LogP contribution in [0, 0.1) is 11.3 Å². The molecule has 1 aromatic heterocycles. The summed E-state index contributed by atoms with van der Waals surface area (Å²) >= 11 is 0. The summed E-state index contributed by atoms with van der Waals surface area (Å²) in [5, 5.41) is 8.70. The van der Waals surface area contributed by atoms with Gasteiger partial charge in [-0.1, -0.05) is 24.3 Å². The SMILES string of the molecule is CO[n+]1ccc(C=Cc2ccc(C#N)cc2)cc1. The van der Waals surface area contributed by atoms with E-state index in [0.29, 0.717) is 5.56 Å². The van der Waals surface area contributed by atoms with Crippen LogP contribution in [0.4, 0.5) is 0 Å². The molecule has 3 nitrogen and oxygen atoms in total. The van der Waals surface area contributed by atoms with Gasteiger partial charge in [0.25, 0.3) is 0 Å². The number of hydrogen-bond acceptors (Lipinski definition) is 2. The highest BCUT2D eigenvalue weighted by Gasteiger charge is 1.96. The number of hydrogen-bond donors (Lipinski definition) is 0. The Hall–Kier alpha value is -2.60. The van der Waals surface area contributed by atoms with Crippen molar-refractivity contribution in [2.45, 2.75) is 0 Å². The highest BCUT2D eigenvalue weighted by atomic mass is 16.6. The summed E-state index contributed by atoms with van der Waals surface area (Å²) in [5.41, 5.74) is 2.83. The second-order valence-corrected chi connectivity index (χ2v) is 3.74. The predicted octanol–water partition coefficient (Wildman–Crippen LogP) is 2.07. The van der Waals surface area contributed by atoms with E-state index >= 15 is 0 Å². The van der Waals surface area contributed by atoms with Crippen molar-refractivity contribution in [3.63, 3.8) is 0 Å². The Morgan fingerprint density at radius 2 is 1.56 bits per heavy atom. The molecule has 88 valence electrons. The molecule has 0 amide bonds. The maximum absolute atomic E-state index is 8.70. The van der Waals surface area contributed by atoms with Crippen LogP contribution in [-0.4, -0.2) is 7.11 Å². The van der Waals surface area contributed by atoms with Crippen molar-refractivity contribution in [2.24, 2.45) is 0 Å². The molecular weight excluding hydrogens is 224 g/mol. The van der Waals surface area contributed by atoms with Crippen LogP contribution in [0.25, 0.3) is 12.2 Å². The Labute approximate surface area is 106 Å².